The van der Waals surface area contributed by atoms with Crippen LogP contribution in [0.15, 0.2) is 0 Å². The number of hydrogen-bond donors (Lipinski definition) is 8. The Morgan fingerprint density at radius 1 is 0.792 bits per heavy atom. The lowest BCUT2D eigenvalue weighted by Gasteiger charge is -2.66. The van der Waals surface area contributed by atoms with Crippen LogP contribution in [0.5, 0.6) is 0 Å². The van der Waals surface area contributed by atoms with Gasteiger partial charge in [-0.05, 0) is 79.4 Å². The Morgan fingerprint density at radius 2 is 1.49 bits per heavy atom. The van der Waals surface area contributed by atoms with E-state index in [-0.39, 0.29) is 42.8 Å². The number of rotatable bonds is 12. The van der Waals surface area contributed by atoms with Gasteiger partial charge in [-0.1, -0.05) is 34.6 Å². The molecule has 0 aromatic carbocycles. The van der Waals surface area contributed by atoms with Gasteiger partial charge in [-0.15, -0.1) is 0 Å². The molecular formula is C39H68O14. The Morgan fingerprint density at radius 3 is 2.11 bits per heavy atom. The van der Waals surface area contributed by atoms with Crippen LogP contribution in [0.4, 0.5) is 0 Å². The van der Waals surface area contributed by atoms with Crippen LogP contribution in [0.3, 0.4) is 0 Å². The molecular weight excluding hydrogens is 692 g/mol. The van der Waals surface area contributed by atoms with Crippen LogP contribution in [0.25, 0.3) is 0 Å². The highest BCUT2D eigenvalue weighted by Gasteiger charge is 2.72. The van der Waals surface area contributed by atoms with E-state index in [4.69, 9.17) is 28.4 Å². The van der Waals surface area contributed by atoms with E-state index in [9.17, 15) is 40.9 Å². The van der Waals surface area contributed by atoms with Gasteiger partial charge in [-0.25, -0.2) is 0 Å². The fourth-order valence-electron chi connectivity index (χ4n) is 12.5. The molecule has 0 aromatic rings. The summed E-state index contributed by atoms with van der Waals surface area (Å²) in [6, 6.07) is 0. The second-order valence-electron chi connectivity index (χ2n) is 18.3. The number of aliphatic hydroxyl groups is 8. The van der Waals surface area contributed by atoms with E-state index < -0.39 is 108 Å². The fourth-order valence-corrected chi connectivity index (χ4v) is 12.5. The van der Waals surface area contributed by atoms with Crippen molar-refractivity contribution >= 4 is 0 Å². The number of ether oxygens (including phenoxy) is 6. The number of hydrogen-bond acceptors (Lipinski definition) is 14. The second kappa shape index (κ2) is 16.0. The Kier molecular flexibility index (Phi) is 12.7. The molecule has 308 valence electrons. The zero-order valence-corrected chi connectivity index (χ0v) is 32.6. The highest BCUT2D eigenvalue weighted by atomic mass is 16.7. The van der Waals surface area contributed by atoms with Gasteiger partial charge in [0, 0.05) is 32.5 Å². The van der Waals surface area contributed by atoms with Crippen molar-refractivity contribution in [1.29, 1.82) is 0 Å². The molecule has 14 nitrogen and oxygen atoms in total. The predicted octanol–water partition coefficient (Wildman–Crippen LogP) is 0.702. The summed E-state index contributed by atoms with van der Waals surface area (Å²) in [4.78, 5) is 0. The molecule has 4 aliphatic carbocycles. The molecule has 4 saturated carbocycles. The molecule has 53 heavy (non-hydrogen) atoms. The van der Waals surface area contributed by atoms with Crippen molar-refractivity contribution in [3.8, 4) is 0 Å². The molecule has 21 atom stereocenters. The van der Waals surface area contributed by atoms with E-state index in [1.807, 2.05) is 13.8 Å². The average Bonchev–Trinajstić information content (AvgIpc) is 3.54. The van der Waals surface area contributed by atoms with Crippen LogP contribution in [0.1, 0.15) is 86.0 Å². The van der Waals surface area contributed by atoms with E-state index >= 15 is 0 Å². The first-order valence-corrected chi connectivity index (χ1v) is 20.0. The summed E-state index contributed by atoms with van der Waals surface area (Å²) in [5.74, 6) is -0.923. The molecule has 0 amide bonds. The largest absolute Gasteiger partial charge is 0.394 e. The molecule has 0 radical (unpaired) electrons. The predicted molar refractivity (Wildman–Crippen MR) is 189 cm³/mol. The molecule has 3 unspecified atom stereocenters. The minimum atomic E-state index is -1.34. The highest BCUT2D eigenvalue weighted by molar-refractivity contribution is 5.21. The van der Waals surface area contributed by atoms with Gasteiger partial charge in [0.2, 0.25) is 0 Å². The lowest BCUT2D eigenvalue weighted by atomic mass is 9.41. The quantitative estimate of drug-likeness (QED) is 0.129. The van der Waals surface area contributed by atoms with Crippen molar-refractivity contribution in [2.24, 2.45) is 46.3 Å². The van der Waals surface area contributed by atoms with Crippen LogP contribution in [-0.2, 0) is 28.4 Å². The van der Waals surface area contributed by atoms with Gasteiger partial charge in [-0.3, -0.25) is 0 Å². The Balaban J connectivity index is 1.14. The lowest BCUT2D eigenvalue weighted by molar-refractivity contribution is -0.321. The molecule has 6 rings (SSSR count). The van der Waals surface area contributed by atoms with E-state index in [2.05, 4.69) is 20.8 Å². The van der Waals surface area contributed by atoms with Gasteiger partial charge in [0.15, 0.2) is 12.6 Å². The van der Waals surface area contributed by atoms with Gasteiger partial charge in [-0.2, -0.15) is 0 Å². The zero-order chi connectivity index (χ0) is 38.8. The van der Waals surface area contributed by atoms with Gasteiger partial charge < -0.3 is 69.3 Å². The summed E-state index contributed by atoms with van der Waals surface area (Å²) in [5.41, 5.74) is -2.35. The first kappa shape index (κ1) is 42.1. The average molecular weight is 761 g/mol. The first-order chi connectivity index (χ1) is 25.0. The molecule has 0 aromatic heterocycles. The van der Waals surface area contributed by atoms with Crippen molar-refractivity contribution in [2.45, 2.75) is 171 Å². The van der Waals surface area contributed by atoms with Gasteiger partial charge >= 0.3 is 0 Å². The van der Waals surface area contributed by atoms with E-state index in [1.165, 1.54) is 14.2 Å². The van der Waals surface area contributed by atoms with Crippen molar-refractivity contribution < 1.29 is 69.3 Å². The van der Waals surface area contributed by atoms with Gasteiger partial charge in [0.05, 0.1) is 49.3 Å². The van der Waals surface area contributed by atoms with Crippen molar-refractivity contribution in [1.82, 2.24) is 0 Å². The highest BCUT2D eigenvalue weighted by Crippen LogP contribution is 2.70. The van der Waals surface area contributed by atoms with Crippen molar-refractivity contribution in [2.75, 3.05) is 27.4 Å². The molecule has 0 bridgehead atoms. The number of fused-ring (bicyclic) bond motifs is 5. The summed E-state index contributed by atoms with van der Waals surface area (Å²) in [6.45, 7) is 10.2. The van der Waals surface area contributed by atoms with Crippen LogP contribution in [0.2, 0.25) is 0 Å². The SMILES string of the molecule is CO[C@H]1[C@H](O[C@H]2CC[C@@]3(C)C([C@H](O)C[C@]4(O)C3CC[C@@]3(C)C4[C@@H](O)C[C@@H]3[C@H](C)CC[C@H](O[C@H]3O[C@H](CO)[C@@H](O)[C@@H]3O)C(C)C)[C@H]2O)OC[C@@H](OC)[C@@H]1O. The molecule has 6 fully saturated rings. The molecule has 2 aliphatic heterocycles. The fraction of sp³-hybridized carbons (Fsp3) is 1.00. The Labute approximate surface area is 314 Å². The van der Waals surface area contributed by atoms with E-state index in [0.717, 1.165) is 12.8 Å². The monoisotopic (exact) mass is 760 g/mol. The second-order valence-corrected chi connectivity index (χ2v) is 18.3. The summed E-state index contributed by atoms with van der Waals surface area (Å²) >= 11 is 0. The van der Waals surface area contributed by atoms with Crippen LogP contribution in [-0.4, -0.2) is 154 Å². The molecule has 14 heteroatoms. The Bertz CT molecular complexity index is 1230. The zero-order valence-electron chi connectivity index (χ0n) is 32.6. The lowest BCUT2D eigenvalue weighted by Crippen LogP contribution is -2.71. The third-order valence-electron chi connectivity index (χ3n) is 15.2. The van der Waals surface area contributed by atoms with Crippen LogP contribution >= 0.6 is 0 Å². The summed E-state index contributed by atoms with van der Waals surface area (Å²) in [6.07, 6.45) is -6.97. The number of aliphatic hydroxyl groups excluding tert-OH is 7. The summed E-state index contributed by atoms with van der Waals surface area (Å²) in [5, 5.41) is 89.4. The van der Waals surface area contributed by atoms with Crippen LogP contribution < -0.4 is 0 Å². The number of methoxy groups -OCH3 is 2. The standard InChI is InChI=1S/C39H68O14/c1-18(2)23(51-35-32(46)30(44)25(16-40)53-35)9-8-19(3)20-14-21(41)34-37(20,4)13-11-27-38(5)12-10-24(29(43)28(38)22(42)15-39(27,34)47)52-36-33(49-7)31(45)26(48-6)17-50-36/h18-36,40-47H,8-17H2,1-7H3/t19-,20-,21+,22-,23+,24+,25-,26-,27?,28?,29+,30-,31+,32+,33-,34?,35+,36+,37-,38-,39+/m1/s1. The minimum Gasteiger partial charge on any atom is -0.394 e. The van der Waals surface area contributed by atoms with Crippen molar-refractivity contribution in [3.05, 3.63) is 0 Å². The third-order valence-corrected chi connectivity index (χ3v) is 15.2. The summed E-state index contributed by atoms with van der Waals surface area (Å²) in [7, 11) is 2.95. The van der Waals surface area contributed by atoms with Gasteiger partial charge in [0.1, 0.15) is 36.6 Å². The maximum atomic E-state index is 12.9. The summed E-state index contributed by atoms with van der Waals surface area (Å²) < 4.78 is 34.8. The maximum absolute atomic E-state index is 12.9. The van der Waals surface area contributed by atoms with E-state index in [0.29, 0.717) is 32.1 Å². The molecule has 2 heterocycles. The maximum Gasteiger partial charge on any atom is 0.186 e. The van der Waals surface area contributed by atoms with E-state index in [1.54, 1.807) is 0 Å². The smallest absolute Gasteiger partial charge is 0.186 e. The minimum absolute atomic E-state index is 0.0443. The normalized spacial score (nSPS) is 52.5. The third kappa shape index (κ3) is 7.17. The molecule has 2 saturated heterocycles. The molecule has 6 aliphatic rings. The first-order valence-electron chi connectivity index (χ1n) is 20.0. The molecule has 0 spiro atoms. The topological polar surface area (TPSA) is 217 Å². The van der Waals surface area contributed by atoms with Gasteiger partial charge in [0.25, 0.3) is 0 Å². The van der Waals surface area contributed by atoms with Crippen molar-refractivity contribution in [3.63, 3.8) is 0 Å². The Hall–Kier alpha value is -0.560. The van der Waals surface area contributed by atoms with Crippen LogP contribution in [0, 0.1) is 46.3 Å². The molecule has 8 N–H and O–H groups in total.